The van der Waals surface area contributed by atoms with Crippen LogP contribution in [-0.4, -0.2) is 5.91 Å². The zero-order valence-corrected chi connectivity index (χ0v) is 12.7. The molecule has 0 saturated heterocycles. The highest BCUT2D eigenvalue weighted by molar-refractivity contribution is 9.10. The smallest absolute Gasteiger partial charge is 0.240 e. The van der Waals surface area contributed by atoms with Crippen LogP contribution in [0.25, 0.3) is 0 Å². The molecular weight excluding hydrogens is 304 g/mol. The second-order valence-electron chi connectivity index (χ2n) is 5.45. The van der Waals surface area contributed by atoms with E-state index in [9.17, 15) is 10.1 Å². The van der Waals surface area contributed by atoms with Crippen molar-refractivity contribution in [2.24, 2.45) is 11.3 Å². The van der Waals surface area contributed by atoms with Crippen LogP contribution in [0.1, 0.15) is 38.3 Å². The fourth-order valence-corrected chi connectivity index (χ4v) is 2.89. The van der Waals surface area contributed by atoms with E-state index in [0.717, 1.165) is 10.0 Å². The van der Waals surface area contributed by atoms with Gasteiger partial charge in [-0.15, -0.1) is 0 Å². The molecule has 1 aromatic rings. The first-order chi connectivity index (χ1) is 8.97. The molecule has 3 nitrogen and oxygen atoms in total. The summed E-state index contributed by atoms with van der Waals surface area (Å²) in [6.07, 6.45) is 1.34. The summed E-state index contributed by atoms with van der Waals surface area (Å²) in [4.78, 5) is 12.2. The van der Waals surface area contributed by atoms with Crippen LogP contribution in [0.4, 0.5) is 0 Å². The topological polar surface area (TPSA) is 52.9 Å². The minimum Gasteiger partial charge on any atom is -0.348 e. The highest BCUT2D eigenvalue weighted by Gasteiger charge is 2.49. The van der Waals surface area contributed by atoms with Crippen LogP contribution in [0.2, 0.25) is 0 Å². The molecule has 19 heavy (non-hydrogen) atoms. The number of hydrogen-bond donors (Lipinski definition) is 1. The zero-order chi connectivity index (χ0) is 14.0. The lowest BCUT2D eigenvalue weighted by atomic mass is 9.63. The van der Waals surface area contributed by atoms with Crippen LogP contribution in [-0.2, 0) is 4.79 Å². The first kappa shape index (κ1) is 14.1. The molecule has 0 aliphatic heterocycles. The van der Waals surface area contributed by atoms with Crippen molar-refractivity contribution in [2.75, 3.05) is 0 Å². The van der Waals surface area contributed by atoms with Gasteiger partial charge < -0.3 is 5.32 Å². The van der Waals surface area contributed by atoms with Crippen molar-refractivity contribution >= 4 is 21.8 Å². The standard InChI is InChI=1S/C15H17BrN2O/c1-10-7-15(8-10,9-17)14(19)18-11(2)12-3-5-13(16)6-4-12/h3-6,10-11H,7-8H2,1-2H3,(H,18,19). The van der Waals surface area contributed by atoms with Crippen molar-refractivity contribution < 1.29 is 4.79 Å². The van der Waals surface area contributed by atoms with E-state index in [1.165, 1.54) is 0 Å². The Labute approximate surface area is 122 Å². The van der Waals surface area contributed by atoms with Crippen molar-refractivity contribution in [3.05, 3.63) is 34.3 Å². The fourth-order valence-electron chi connectivity index (χ4n) is 2.63. The Morgan fingerprint density at radius 2 is 2.05 bits per heavy atom. The van der Waals surface area contributed by atoms with Gasteiger partial charge in [0.2, 0.25) is 5.91 Å². The molecule has 0 heterocycles. The number of carbonyl (C=O) groups excluding carboxylic acids is 1. The van der Waals surface area contributed by atoms with Gasteiger partial charge in [-0.2, -0.15) is 5.26 Å². The molecule has 1 saturated carbocycles. The Morgan fingerprint density at radius 1 is 1.47 bits per heavy atom. The number of nitrogens with one attached hydrogen (secondary N) is 1. The van der Waals surface area contributed by atoms with Gasteiger partial charge in [0.1, 0.15) is 5.41 Å². The van der Waals surface area contributed by atoms with Gasteiger partial charge in [-0.3, -0.25) is 4.79 Å². The van der Waals surface area contributed by atoms with Crippen LogP contribution in [0.5, 0.6) is 0 Å². The molecule has 4 heteroatoms. The number of benzene rings is 1. The maximum absolute atomic E-state index is 12.2. The lowest BCUT2D eigenvalue weighted by molar-refractivity contribution is -0.134. The molecule has 1 aliphatic carbocycles. The van der Waals surface area contributed by atoms with Crippen LogP contribution in [0, 0.1) is 22.7 Å². The molecule has 0 spiro atoms. The predicted molar refractivity (Wildman–Crippen MR) is 77.1 cm³/mol. The lowest BCUT2D eigenvalue weighted by Gasteiger charge is -2.39. The summed E-state index contributed by atoms with van der Waals surface area (Å²) >= 11 is 3.38. The molecule has 1 fully saturated rings. The van der Waals surface area contributed by atoms with Crippen LogP contribution < -0.4 is 5.32 Å². The minimum absolute atomic E-state index is 0.0817. The van der Waals surface area contributed by atoms with E-state index in [1.807, 2.05) is 31.2 Å². The van der Waals surface area contributed by atoms with Gasteiger partial charge in [-0.05, 0) is 43.4 Å². The molecule has 100 valence electrons. The van der Waals surface area contributed by atoms with E-state index >= 15 is 0 Å². The summed E-state index contributed by atoms with van der Waals surface area (Å²) < 4.78 is 1.01. The number of hydrogen-bond acceptors (Lipinski definition) is 2. The summed E-state index contributed by atoms with van der Waals surface area (Å²) in [6, 6.07) is 9.94. The van der Waals surface area contributed by atoms with Gasteiger partial charge in [0.25, 0.3) is 0 Å². The van der Waals surface area contributed by atoms with Crippen molar-refractivity contribution in [3.63, 3.8) is 0 Å². The summed E-state index contributed by atoms with van der Waals surface area (Å²) in [7, 11) is 0. The average molecular weight is 321 g/mol. The molecule has 1 aliphatic rings. The van der Waals surface area contributed by atoms with E-state index in [4.69, 9.17) is 0 Å². The van der Waals surface area contributed by atoms with E-state index in [1.54, 1.807) is 0 Å². The minimum atomic E-state index is -0.803. The number of nitriles is 1. The Balaban J connectivity index is 2.03. The van der Waals surface area contributed by atoms with Gasteiger partial charge in [-0.1, -0.05) is 35.0 Å². The van der Waals surface area contributed by atoms with Gasteiger partial charge >= 0.3 is 0 Å². The number of halogens is 1. The lowest BCUT2D eigenvalue weighted by Crippen LogP contribution is -2.48. The Morgan fingerprint density at radius 3 is 2.53 bits per heavy atom. The van der Waals surface area contributed by atoms with Crippen molar-refractivity contribution in [2.45, 2.75) is 32.7 Å². The second kappa shape index (κ2) is 5.34. The summed E-state index contributed by atoms with van der Waals surface area (Å²) in [5.41, 5.74) is 0.236. The summed E-state index contributed by atoms with van der Waals surface area (Å²) in [5, 5.41) is 12.2. The zero-order valence-electron chi connectivity index (χ0n) is 11.1. The van der Waals surface area contributed by atoms with E-state index < -0.39 is 5.41 Å². The van der Waals surface area contributed by atoms with E-state index in [2.05, 4.69) is 34.2 Å². The van der Waals surface area contributed by atoms with Gasteiger partial charge in [-0.25, -0.2) is 0 Å². The molecule has 1 unspecified atom stereocenters. The molecule has 0 radical (unpaired) electrons. The summed E-state index contributed by atoms with van der Waals surface area (Å²) in [6.45, 7) is 4.01. The maximum Gasteiger partial charge on any atom is 0.240 e. The third-order valence-electron chi connectivity index (χ3n) is 3.76. The van der Waals surface area contributed by atoms with Crippen LogP contribution >= 0.6 is 15.9 Å². The average Bonchev–Trinajstić information content (AvgIpc) is 2.35. The number of nitrogens with zero attached hydrogens (tertiary/aromatic N) is 1. The Kier molecular flexibility index (Phi) is 3.96. The molecule has 1 N–H and O–H groups in total. The first-order valence-corrected chi connectivity index (χ1v) is 7.24. The molecule has 1 amide bonds. The Bertz CT molecular complexity index is 512. The van der Waals surface area contributed by atoms with E-state index in [-0.39, 0.29) is 11.9 Å². The highest BCUT2D eigenvalue weighted by atomic mass is 79.9. The quantitative estimate of drug-likeness (QED) is 0.925. The van der Waals surface area contributed by atoms with E-state index in [0.29, 0.717) is 18.8 Å². The molecular formula is C15H17BrN2O. The first-order valence-electron chi connectivity index (χ1n) is 6.44. The number of carbonyl (C=O) groups is 1. The van der Waals surface area contributed by atoms with Crippen LogP contribution in [0.3, 0.4) is 0 Å². The molecule has 0 bridgehead atoms. The molecule has 1 aromatic carbocycles. The molecule has 1 atom stereocenters. The largest absolute Gasteiger partial charge is 0.348 e. The third kappa shape index (κ3) is 2.82. The summed E-state index contributed by atoms with van der Waals surface area (Å²) in [5.74, 6) is 0.330. The van der Waals surface area contributed by atoms with Gasteiger partial charge in [0.05, 0.1) is 12.1 Å². The van der Waals surface area contributed by atoms with Gasteiger partial charge in [0, 0.05) is 4.47 Å². The normalized spacial score (nSPS) is 26.9. The SMILES string of the molecule is CC1CC(C#N)(C(=O)NC(C)c2ccc(Br)cc2)C1. The highest BCUT2D eigenvalue weighted by Crippen LogP contribution is 2.45. The maximum atomic E-state index is 12.2. The number of amides is 1. The monoisotopic (exact) mass is 320 g/mol. The molecule has 2 rings (SSSR count). The molecule has 0 aromatic heterocycles. The Hall–Kier alpha value is -1.34. The predicted octanol–water partition coefficient (Wildman–Crippen LogP) is 3.57. The number of rotatable bonds is 3. The van der Waals surface area contributed by atoms with Crippen molar-refractivity contribution in [3.8, 4) is 6.07 Å². The van der Waals surface area contributed by atoms with Gasteiger partial charge in [0.15, 0.2) is 0 Å². The van der Waals surface area contributed by atoms with Crippen molar-refractivity contribution in [1.82, 2.24) is 5.32 Å². The third-order valence-corrected chi connectivity index (χ3v) is 4.29. The fraction of sp³-hybridized carbons (Fsp3) is 0.467. The van der Waals surface area contributed by atoms with Crippen LogP contribution in [0.15, 0.2) is 28.7 Å². The second-order valence-corrected chi connectivity index (χ2v) is 6.37. The van der Waals surface area contributed by atoms with Crippen molar-refractivity contribution in [1.29, 1.82) is 5.26 Å².